The molecule has 1 saturated carbocycles. The number of carbonyl (C=O) groups excluding carboxylic acids is 1. The van der Waals surface area contributed by atoms with Crippen LogP contribution in [-0.4, -0.2) is 26.7 Å². The Labute approximate surface area is 152 Å². The third-order valence-electron chi connectivity index (χ3n) is 4.66. The monoisotopic (exact) mass is 347 g/mol. The van der Waals surface area contributed by atoms with Gasteiger partial charge in [-0.05, 0) is 55.3 Å². The topological polar surface area (TPSA) is 71.8 Å². The number of hydrogen-bond acceptors (Lipinski definition) is 4. The first kappa shape index (κ1) is 16.3. The Morgan fingerprint density at radius 1 is 1.04 bits per heavy atom. The van der Waals surface area contributed by atoms with E-state index >= 15 is 0 Å². The molecule has 1 aliphatic rings. The summed E-state index contributed by atoms with van der Waals surface area (Å²) in [6, 6.07) is 15.7. The molecular formula is C20H21N5O. The smallest absolute Gasteiger partial charge is 0.255 e. The summed E-state index contributed by atoms with van der Waals surface area (Å²) in [5, 5.41) is 10.6. The van der Waals surface area contributed by atoms with Crippen molar-refractivity contribution in [3.63, 3.8) is 0 Å². The number of rotatable bonds is 5. The van der Waals surface area contributed by atoms with Crippen LogP contribution >= 0.6 is 0 Å². The maximum Gasteiger partial charge on any atom is 0.255 e. The zero-order chi connectivity index (χ0) is 17.8. The summed E-state index contributed by atoms with van der Waals surface area (Å²) in [6.07, 6.45) is 8.12. The summed E-state index contributed by atoms with van der Waals surface area (Å²) < 4.78 is 1.65. The van der Waals surface area contributed by atoms with Crippen molar-refractivity contribution in [3.8, 4) is 5.69 Å². The molecule has 2 N–H and O–H groups in total. The van der Waals surface area contributed by atoms with Crippen LogP contribution in [0.3, 0.4) is 0 Å². The quantitative estimate of drug-likeness (QED) is 0.735. The van der Waals surface area contributed by atoms with E-state index in [-0.39, 0.29) is 5.91 Å². The number of nitrogens with one attached hydrogen (secondary N) is 2. The lowest BCUT2D eigenvalue weighted by Gasteiger charge is -2.14. The number of nitrogens with zero attached hydrogens (tertiary/aromatic N) is 3. The van der Waals surface area contributed by atoms with Crippen LogP contribution < -0.4 is 10.6 Å². The highest BCUT2D eigenvalue weighted by molar-refractivity contribution is 6.04. The minimum atomic E-state index is -0.131. The fourth-order valence-electron chi connectivity index (χ4n) is 3.30. The Kier molecular flexibility index (Phi) is 4.64. The highest BCUT2D eigenvalue weighted by Gasteiger charge is 2.14. The maximum absolute atomic E-state index is 12.5. The van der Waals surface area contributed by atoms with E-state index in [1.807, 2.05) is 36.4 Å². The van der Waals surface area contributed by atoms with Gasteiger partial charge in [-0.25, -0.2) is 9.67 Å². The van der Waals surface area contributed by atoms with Gasteiger partial charge in [0.1, 0.15) is 12.7 Å². The summed E-state index contributed by atoms with van der Waals surface area (Å²) >= 11 is 0. The Balaban J connectivity index is 1.42. The van der Waals surface area contributed by atoms with Crippen LogP contribution in [0.25, 0.3) is 5.69 Å². The van der Waals surface area contributed by atoms with E-state index in [4.69, 9.17) is 0 Å². The standard InChI is InChI=1S/C20H21N5O/c26-20(15-8-10-19(11-9-15)25-14-21-13-22-25)24-18-7-3-6-17(12-18)23-16-4-1-2-5-16/h3,6-14,16,23H,1-2,4-5H2,(H,24,26). The molecule has 1 aliphatic carbocycles. The molecule has 0 atom stereocenters. The van der Waals surface area contributed by atoms with Crippen LogP contribution in [0, 0.1) is 0 Å². The minimum absolute atomic E-state index is 0.131. The average Bonchev–Trinajstić information content (AvgIpc) is 3.36. The molecule has 3 aromatic rings. The summed E-state index contributed by atoms with van der Waals surface area (Å²) in [7, 11) is 0. The lowest BCUT2D eigenvalue weighted by molar-refractivity contribution is 0.102. The predicted octanol–water partition coefficient (Wildman–Crippen LogP) is 3.87. The Morgan fingerprint density at radius 3 is 2.54 bits per heavy atom. The molecule has 2 aromatic carbocycles. The number of benzene rings is 2. The van der Waals surface area contributed by atoms with Crippen molar-refractivity contribution in [2.24, 2.45) is 0 Å². The molecule has 1 aromatic heterocycles. The first-order valence-corrected chi connectivity index (χ1v) is 8.91. The largest absolute Gasteiger partial charge is 0.382 e. The molecule has 26 heavy (non-hydrogen) atoms. The van der Waals surface area contributed by atoms with Crippen molar-refractivity contribution >= 4 is 17.3 Å². The molecule has 0 saturated heterocycles. The Morgan fingerprint density at radius 2 is 1.81 bits per heavy atom. The third kappa shape index (κ3) is 3.74. The van der Waals surface area contributed by atoms with E-state index in [2.05, 4.69) is 20.7 Å². The molecule has 132 valence electrons. The van der Waals surface area contributed by atoms with Crippen molar-refractivity contribution < 1.29 is 4.79 Å². The molecule has 1 amide bonds. The number of carbonyl (C=O) groups is 1. The second-order valence-corrected chi connectivity index (χ2v) is 6.55. The molecule has 0 bridgehead atoms. The van der Waals surface area contributed by atoms with Crippen molar-refractivity contribution in [2.75, 3.05) is 10.6 Å². The predicted molar refractivity (Wildman–Crippen MR) is 102 cm³/mol. The molecule has 1 heterocycles. The van der Waals surface area contributed by atoms with Gasteiger partial charge in [0, 0.05) is 23.0 Å². The second-order valence-electron chi connectivity index (χ2n) is 6.55. The lowest BCUT2D eigenvalue weighted by atomic mass is 10.2. The van der Waals surface area contributed by atoms with Gasteiger partial charge in [0.2, 0.25) is 0 Å². The molecule has 4 rings (SSSR count). The first-order valence-electron chi connectivity index (χ1n) is 8.91. The summed E-state index contributed by atoms with van der Waals surface area (Å²) in [6.45, 7) is 0. The van der Waals surface area contributed by atoms with Crippen molar-refractivity contribution in [3.05, 3.63) is 66.7 Å². The number of amides is 1. The van der Waals surface area contributed by atoms with E-state index < -0.39 is 0 Å². The van der Waals surface area contributed by atoms with Crippen LogP contribution in [0.1, 0.15) is 36.0 Å². The fourth-order valence-corrected chi connectivity index (χ4v) is 3.30. The normalized spacial score (nSPS) is 14.3. The van der Waals surface area contributed by atoms with Crippen LogP contribution in [-0.2, 0) is 0 Å². The van der Waals surface area contributed by atoms with Gasteiger partial charge in [-0.15, -0.1) is 0 Å². The first-order chi connectivity index (χ1) is 12.8. The molecule has 1 fully saturated rings. The number of anilines is 2. The van der Waals surface area contributed by atoms with Gasteiger partial charge < -0.3 is 10.6 Å². The summed E-state index contributed by atoms with van der Waals surface area (Å²) in [5.74, 6) is -0.131. The zero-order valence-electron chi connectivity index (χ0n) is 14.4. The van der Waals surface area contributed by atoms with Gasteiger partial charge in [-0.2, -0.15) is 5.10 Å². The zero-order valence-corrected chi connectivity index (χ0v) is 14.4. The van der Waals surface area contributed by atoms with Crippen LogP contribution in [0.4, 0.5) is 11.4 Å². The number of hydrogen-bond donors (Lipinski definition) is 2. The third-order valence-corrected chi connectivity index (χ3v) is 4.66. The van der Waals surface area contributed by atoms with Crippen LogP contribution in [0.2, 0.25) is 0 Å². The molecule has 0 radical (unpaired) electrons. The van der Waals surface area contributed by atoms with E-state index in [1.54, 1.807) is 23.1 Å². The van der Waals surface area contributed by atoms with Gasteiger partial charge in [-0.1, -0.05) is 18.9 Å². The van der Waals surface area contributed by atoms with Crippen molar-refractivity contribution in [1.29, 1.82) is 0 Å². The van der Waals surface area contributed by atoms with Gasteiger partial charge >= 0.3 is 0 Å². The minimum Gasteiger partial charge on any atom is -0.382 e. The van der Waals surface area contributed by atoms with Gasteiger partial charge in [0.05, 0.1) is 5.69 Å². The highest BCUT2D eigenvalue weighted by atomic mass is 16.1. The number of aromatic nitrogens is 3. The van der Waals surface area contributed by atoms with Gasteiger partial charge in [0.15, 0.2) is 0 Å². The average molecular weight is 347 g/mol. The highest BCUT2D eigenvalue weighted by Crippen LogP contribution is 2.24. The van der Waals surface area contributed by atoms with E-state index in [0.717, 1.165) is 17.1 Å². The molecule has 0 unspecified atom stereocenters. The van der Waals surface area contributed by atoms with E-state index in [0.29, 0.717) is 11.6 Å². The SMILES string of the molecule is O=C(Nc1cccc(NC2CCCC2)c1)c1ccc(-n2cncn2)cc1. The van der Waals surface area contributed by atoms with Crippen molar-refractivity contribution in [1.82, 2.24) is 14.8 Å². The summed E-state index contributed by atoms with van der Waals surface area (Å²) in [5.41, 5.74) is 3.31. The van der Waals surface area contributed by atoms with E-state index in [1.165, 1.54) is 32.0 Å². The molecule has 6 nitrogen and oxygen atoms in total. The van der Waals surface area contributed by atoms with E-state index in [9.17, 15) is 4.79 Å². The summed E-state index contributed by atoms with van der Waals surface area (Å²) in [4.78, 5) is 16.4. The second kappa shape index (κ2) is 7.39. The van der Waals surface area contributed by atoms with Crippen molar-refractivity contribution in [2.45, 2.75) is 31.7 Å². The van der Waals surface area contributed by atoms with Crippen LogP contribution in [0.15, 0.2) is 61.2 Å². The maximum atomic E-state index is 12.5. The Hall–Kier alpha value is -3.15. The Bertz CT molecular complexity index is 867. The lowest BCUT2D eigenvalue weighted by Crippen LogP contribution is -2.15. The molecule has 0 aliphatic heterocycles. The van der Waals surface area contributed by atoms with Crippen LogP contribution in [0.5, 0.6) is 0 Å². The molecule has 6 heteroatoms. The fraction of sp³-hybridized carbons (Fsp3) is 0.250. The van der Waals surface area contributed by atoms with Gasteiger partial charge in [-0.3, -0.25) is 4.79 Å². The molecular weight excluding hydrogens is 326 g/mol. The van der Waals surface area contributed by atoms with Gasteiger partial charge in [0.25, 0.3) is 5.91 Å². The molecule has 0 spiro atoms.